The quantitative estimate of drug-likeness (QED) is 0.757. The molecule has 0 radical (unpaired) electrons. The van der Waals surface area contributed by atoms with Gasteiger partial charge in [-0.05, 0) is 29.3 Å². The Morgan fingerprint density at radius 1 is 1.14 bits per heavy atom. The zero-order chi connectivity index (χ0) is 15.2. The van der Waals surface area contributed by atoms with Crippen molar-refractivity contribution in [3.05, 3.63) is 65.6 Å². The van der Waals surface area contributed by atoms with Gasteiger partial charge >= 0.3 is 0 Å². The first-order chi connectivity index (χ1) is 10.8. The summed E-state index contributed by atoms with van der Waals surface area (Å²) in [5, 5.41) is 4.46. The van der Waals surface area contributed by atoms with E-state index < -0.39 is 0 Å². The van der Waals surface area contributed by atoms with E-state index in [1.807, 2.05) is 36.7 Å². The summed E-state index contributed by atoms with van der Waals surface area (Å²) < 4.78 is 5.26. The van der Waals surface area contributed by atoms with Crippen LogP contribution in [0.25, 0.3) is 10.4 Å². The predicted octanol–water partition coefficient (Wildman–Crippen LogP) is 3.50. The van der Waals surface area contributed by atoms with Gasteiger partial charge in [-0.15, -0.1) is 11.3 Å². The monoisotopic (exact) mass is 311 g/mol. The lowest BCUT2D eigenvalue weighted by Crippen LogP contribution is -2.12. The van der Waals surface area contributed by atoms with Gasteiger partial charge in [0, 0.05) is 31.7 Å². The highest BCUT2D eigenvalue weighted by molar-refractivity contribution is 7.15. The summed E-state index contributed by atoms with van der Waals surface area (Å²) in [5.74, 6) is 0.863. The number of pyridine rings is 1. The van der Waals surface area contributed by atoms with Crippen molar-refractivity contribution in [2.75, 3.05) is 7.11 Å². The van der Waals surface area contributed by atoms with E-state index in [0.29, 0.717) is 0 Å². The van der Waals surface area contributed by atoms with Crippen LogP contribution in [0.5, 0.6) is 5.75 Å². The van der Waals surface area contributed by atoms with Gasteiger partial charge in [-0.25, -0.2) is 4.98 Å². The van der Waals surface area contributed by atoms with E-state index in [-0.39, 0.29) is 0 Å². The Labute approximate surface area is 133 Å². The third-order valence-corrected chi connectivity index (χ3v) is 4.28. The van der Waals surface area contributed by atoms with Gasteiger partial charge < -0.3 is 10.1 Å². The van der Waals surface area contributed by atoms with Crippen LogP contribution >= 0.6 is 11.3 Å². The largest absolute Gasteiger partial charge is 0.497 e. The highest BCUT2D eigenvalue weighted by Crippen LogP contribution is 2.28. The van der Waals surface area contributed by atoms with Crippen LogP contribution in [0.15, 0.2) is 55.0 Å². The fourth-order valence-electron chi connectivity index (χ4n) is 2.12. The molecule has 22 heavy (non-hydrogen) atoms. The zero-order valence-electron chi connectivity index (χ0n) is 12.3. The third kappa shape index (κ3) is 3.69. The minimum Gasteiger partial charge on any atom is -0.497 e. The van der Waals surface area contributed by atoms with E-state index >= 15 is 0 Å². The maximum absolute atomic E-state index is 5.26. The first-order valence-electron chi connectivity index (χ1n) is 7.04. The predicted molar refractivity (Wildman–Crippen MR) is 88.9 cm³/mol. The van der Waals surface area contributed by atoms with Crippen LogP contribution in [0.4, 0.5) is 0 Å². The van der Waals surface area contributed by atoms with Crippen molar-refractivity contribution in [3.63, 3.8) is 0 Å². The molecule has 0 spiro atoms. The first kappa shape index (κ1) is 14.7. The molecule has 0 unspecified atom stereocenters. The number of hydrogen-bond acceptors (Lipinski definition) is 5. The normalized spacial score (nSPS) is 10.6. The zero-order valence-corrected chi connectivity index (χ0v) is 13.1. The molecular weight excluding hydrogens is 294 g/mol. The number of rotatable bonds is 6. The molecule has 3 rings (SSSR count). The van der Waals surface area contributed by atoms with Gasteiger partial charge in [0.15, 0.2) is 0 Å². The standard InChI is InChI=1S/C17H17N3OS/c1-21-15-6-2-5-14(8-15)16-11-20-17(22-16)12-19-10-13-4-3-7-18-9-13/h2-9,11,19H,10,12H2,1H3. The van der Waals surface area contributed by atoms with Crippen LogP contribution in [0, 0.1) is 0 Å². The van der Waals surface area contributed by atoms with Crippen LogP contribution in [-0.4, -0.2) is 17.1 Å². The van der Waals surface area contributed by atoms with Crippen molar-refractivity contribution in [2.45, 2.75) is 13.1 Å². The maximum atomic E-state index is 5.26. The van der Waals surface area contributed by atoms with Crippen LogP contribution in [0.3, 0.4) is 0 Å². The van der Waals surface area contributed by atoms with Crippen molar-refractivity contribution >= 4 is 11.3 Å². The summed E-state index contributed by atoms with van der Waals surface area (Å²) in [4.78, 5) is 9.73. The molecule has 4 nitrogen and oxygen atoms in total. The number of nitrogens with zero attached hydrogens (tertiary/aromatic N) is 2. The lowest BCUT2D eigenvalue weighted by atomic mass is 10.2. The number of aromatic nitrogens is 2. The smallest absolute Gasteiger partial charge is 0.119 e. The molecule has 0 saturated heterocycles. The number of ether oxygens (including phenoxy) is 1. The number of nitrogens with one attached hydrogen (secondary N) is 1. The minimum atomic E-state index is 0.754. The molecule has 0 aliphatic rings. The van der Waals surface area contributed by atoms with Crippen LogP contribution in [-0.2, 0) is 13.1 Å². The summed E-state index contributed by atoms with van der Waals surface area (Å²) in [6, 6.07) is 12.0. The Morgan fingerprint density at radius 2 is 2.09 bits per heavy atom. The van der Waals surface area contributed by atoms with Gasteiger partial charge in [0.2, 0.25) is 0 Å². The fraction of sp³-hybridized carbons (Fsp3) is 0.176. The summed E-state index contributed by atoms with van der Waals surface area (Å²) in [5.41, 5.74) is 2.31. The highest BCUT2D eigenvalue weighted by Gasteiger charge is 2.05. The summed E-state index contributed by atoms with van der Waals surface area (Å²) >= 11 is 1.70. The van der Waals surface area contributed by atoms with Gasteiger partial charge in [0.1, 0.15) is 10.8 Å². The second-order valence-corrected chi connectivity index (χ2v) is 5.93. The average Bonchev–Trinajstić information content (AvgIpc) is 3.05. The average molecular weight is 311 g/mol. The number of hydrogen-bond donors (Lipinski definition) is 1. The fourth-order valence-corrected chi connectivity index (χ4v) is 3.00. The molecular formula is C17H17N3OS. The summed E-state index contributed by atoms with van der Waals surface area (Å²) in [7, 11) is 1.68. The second-order valence-electron chi connectivity index (χ2n) is 4.82. The summed E-state index contributed by atoms with van der Waals surface area (Å²) in [6.45, 7) is 1.55. The third-order valence-electron chi connectivity index (χ3n) is 3.24. The molecule has 0 aliphatic carbocycles. The molecule has 0 amide bonds. The van der Waals surface area contributed by atoms with Gasteiger partial charge in [0.25, 0.3) is 0 Å². The Hall–Kier alpha value is -2.24. The van der Waals surface area contributed by atoms with Crippen molar-refractivity contribution in [1.29, 1.82) is 0 Å². The lowest BCUT2D eigenvalue weighted by Gasteiger charge is -2.02. The van der Waals surface area contributed by atoms with Crippen molar-refractivity contribution in [2.24, 2.45) is 0 Å². The van der Waals surface area contributed by atoms with E-state index in [0.717, 1.165) is 34.3 Å². The number of methoxy groups -OCH3 is 1. The number of thiazole rings is 1. The Balaban J connectivity index is 1.61. The van der Waals surface area contributed by atoms with E-state index in [2.05, 4.69) is 27.4 Å². The molecule has 0 bridgehead atoms. The molecule has 0 saturated carbocycles. The SMILES string of the molecule is COc1cccc(-c2cnc(CNCc3cccnc3)s2)c1. The van der Waals surface area contributed by atoms with E-state index in [1.54, 1.807) is 24.6 Å². The van der Waals surface area contributed by atoms with E-state index in [9.17, 15) is 0 Å². The molecule has 2 aromatic heterocycles. The van der Waals surface area contributed by atoms with E-state index in [4.69, 9.17) is 4.74 Å². The van der Waals surface area contributed by atoms with Gasteiger partial charge in [-0.2, -0.15) is 0 Å². The molecule has 112 valence electrons. The van der Waals surface area contributed by atoms with Gasteiger partial charge in [-0.3, -0.25) is 4.98 Å². The Kier molecular flexibility index (Phi) is 4.78. The summed E-state index contributed by atoms with van der Waals surface area (Å²) in [6.07, 6.45) is 5.57. The lowest BCUT2D eigenvalue weighted by molar-refractivity contribution is 0.415. The number of benzene rings is 1. The van der Waals surface area contributed by atoms with Crippen LogP contribution in [0.2, 0.25) is 0 Å². The molecule has 0 atom stereocenters. The van der Waals surface area contributed by atoms with Crippen molar-refractivity contribution in [3.8, 4) is 16.2 Å². The molecule has 2 heterocycles. The molecule has 0 aliphatic heterocycles. The van der Waals surface area contributed by atoms with Gasteiger partial charge in [0.05, 0.1) is 12.0 Å². The first-order valence-corrected chi connectivity index (χ1v) is 7.85. The Morgan fingerprint density at radius 3 is 2.91 bits per heavy atom. The second kappa shape index (κ2) is 7.15. The van der Waals surface area contributed by atoms with Crippen LogP contribution in [0.1, 0.15) is 10.6 Å². The van der Waals surface area contributed by atoms with Crippen LogP contribution < -0.4 is 10.1 Å². The maximum Gasteiger partial charge on any atom is 0.119 e. The van der Waals surface area contributed by atoms with Gasteiger partial charge in [-0.1, -0.05) is 18.2 Å². The molecule has 3 aromatic rings. The van der Waals surface area contributed by atoms with E-state index in [1.165, 1.54) is 5.56 Å². The Bertz CT molecular complexity index is 728. The minimum absolute atomic E-state index is 0.754. The van der Waals surface area contributed by atoms with Crippen molar-refractivity contribution in [1.82, 2.24) is 15.3 Å². The molecule has 0 fully saturated rings. The topological polar surface area (TPSA) is 47.0 Å². The molecule has 1 N–H and O–H groups in total. The highest BCUT2D eigenvalue weighted by atomic mass is 32.1. The molecule has 5 heteroatoms. The molecule has 1 aromatic carbocycles. The van der Waals surface area contributed by atoms with Crippen molar-refractivity contribution < 1.29 is 4.74 Å².